The zero-order valence-electron chi connectivity index (χ0n) is 16.1. The van der Waals surface area contributed by atoms with Crippen molar-refractivity contribution in [3.8, 4) is 0 Å². The maximum Gasteiger partial charge on any atom is 0.246 e. The Bertz CT molecular complexity index is 709. The van der Waals surface area contributed by atoms with Crippen molar-refractivity contribution in [2.24, 2.45) is 5.92 Å². The van der Waals surface area contributed by atoms with Gasteiger partial charge in [0.1, 0.15) is 6.04 Å². The number of carbonyl (C=O) groups is 1. The van der Waals surface area contributed by atoms with E-state index in [4.69, 9.17) is 0 Å². The van der Waals surface area contributed by atoms with Crippen LogP contribution in [-0.2, 0) is 4.79 Å². The molecule has 1 heterocycles. The Morgan fingerprint density at radius 1 is 1.04 bits per heavy atom. The summed E-state index contributed by atoms with van der Waals surface area (Å²) < 4.78 is 0. The molecule has 3 heteroatoms. The lowest BCUT2D eigenvalue weighted by Crippen LogP contribution is -2.42. The van der Waals surface area contributed by atoms with Crippen LogP contribution in [0.1, 0.15) is 56.7 Å². The van der Waals surface area contributed by atoms with E-state index >= 15 is 0 Å². The summed E-state index contributed by atoms with van der Waals surface area (Å²) in [6.07, 6.45) is 2.40. The second kappa shape index (κ2) is 8.50. The van der Waals surface area contributed by atoms with Gasteiger partial charge >= 0.3 is 0 Å². The largest absolute Gasteiger partial charge is 0.324 e. The van der Waals surface area contributed by atoms with Crippen LogP contribution in [0.4, 0.5) is 5.69 Å². The summed E-state index contributed by atoms with van der Waals surface area (Å²) >= 11 is 0. The number of benzene rings is 2. The number of rotatable bonds is 5. The smallest absolute Gasteiger partial charge is 0.246 e. The Balaban J connectivity index is 1.80. The quantitative estimate of drug-likeness (QED) is 0.801. The van der Waals surface area contributed by atoms with Crippen molar-refractivity contribution in [3.05, 3.63) is 65.7 Å². The molecule has 1 fully saturated rings. The molecule has 0 aliphatic carbocycles. The fraction of sp³-hybridized carbons (Fsp3) is 0.435. The SMILES string of the molecule is CC(C)c1ccc(NC(=O)[C@H](c2ccccc2)N2CCC[C@@H](C)C2)cc1. The predicted molar refractivity (Wildman–Crippen MR) is 108 cm³/mol. The Morgan fingerprint density at radius 3 is 2.35 bits per heavy atom. The fourth-order valence-electron chi connectivity index (χ4n) is 3.79. The molecule has 3 rings (SSSR count). The van der Waals surface area contributed by atoms with Gasteiger partial charge in [-0.2, -0.15) is 0 Å². The van der Waals surface area contributed by atoms with E-state index in [-0.39, 0.29) is 11.9 Å². The van der Waals surface area contributed by atoms with E-state index in [9.17, 15) is 4.79 Å². The average Bonchev–Trinajstić information content (AvgIpc) is 2.63. The van der Waals surface area contributed by atoms with Crippen LogP contribution in [0, 0.1) is 5.92 Å². The van der Waals surface area contributed by atoms with E-state index in [1.165, 1.54) is 12.0 Å². The standard InChI is InChI=1S/C23H30N2O/c1-17(2)19-11-13-21(14-12-19)24-23(26)22(20-9-5-4-6-10-20)25-15-7-8-18(3)16-25/h4-6,9-14,17-18,22H,7-8,15-16H2,1-3H3,(H,24,26)/t18-,22+/m1/s1. The monoisotopic (exact) mass is 350 g/mol. The third kappa shape index (κ3) is 4.53. The normalized spacial score (nSPS) is 19.3. The first-order chi connectivity index (χ1) is 12.5. The minimum atomic E-state index is -0.233. The van der Waals surface area contributed by atoms with Crippen molar-refractivity contribution in [3.63, 3.8) is 0 Å². The van der Waals surface area contributed by atoms with Gasteiger partial charge in [-0.05, 0) is 54.5 Å². The van der Waals surface area contributed by atoms with E-state index in [1.54, 1.807) is 0 Å². The average molecular weight is 351 g/mol. The van der Waals surface area contributed by atoms with Gasteiger partial charge in [-0.15, -0.1) is 0 Å². The predicted octanol–water partition coefficient (Wildman–Crippen LogP) is 5.22. The van der Waals surface area contributed by atoms with Crippen LogP contribution in [-0.4, -0.2) is 23.9 Å². The highest BCUT2D eigenvalue weighted by molar-refractivity contribution is 5.95. The van der Waals surface area contributed by atoms with Gasteiger partial charge in [0.25, 0.3) is 0 Å². The van der Waals surface area contributed by atoms with Crippen molar-refractivity contribution in [2.45, 2.75) is 45.6 Å². The number of likely N-dealkylation sites (tertiary alicyclic amines) is 1. The fourth-order valence-corrected chi connectivity index (χ4v) is 3.79. The number of nitrogens with zero attached hydrogens (tertiary/aromatic N) is 1. The Kier molecular flexibility index (Phi) is 6.10. The van der Waals surface area contributed by atoms with E-state index < -0.39 is 0 Å². The van der Waals surface area contributed by atoms with Gasteiger partial charge in [0.2, 0.25) is 5.91 Å². The maximum absolute atomic E-state index is 13.2. The molecule has 0 bridgehead atoms. The van der Waals surface area contributed by atoms with Crippen LogP contribution in [0.25, 0.3) is 0 Å². The van der Waals surface area contributed by atoms with Crippen LogP contribution < -0.4 is 5.32 Å². The first-order valence-electron chi connectivity index (χ1n) is 9.74. The van der Waals surface area contributed by atoms with Crippen molar-refractivity contribution in [1.82, 2.24) is 4.90 Å². The summed E-state index contributed by atoms with van der Waals surface area (Å²) in [5, 5.41) is 3.14. The van der Waals surface area contributed by atoms with E-state index in [0.717, 1.165) is 30.8 Å². The summed E-state index contributed by atoms with van der Waals surface area (Å²) in [6.45, 7) is 8.58. The van der Waals surface area contributed by atoms with Gasteiger partial charge in [0.05, 0.1) is 0 Å². The number of piperidine rings is 1. The molecule has 0 radical (unpaired) electrons. The number of hydrogen-bond donors (Lipinski definition) is 1. The summed E-state index contributed by atoms with van der Waals surface area (Å²) in [5.74, 6) is 1.18. The molecule has 2 aromatic carbocycles. The highest BCUT2D eigenvalue weighted by Crippen LogP contribution is 2.28. The minimum absolute atomic E-state index is 0.0580. The molecule has 0 saturated carbocycles. The molecule has 2 atom stereocenters. The molecule has 138 valence electrons. The zero-order chi connectivity index (χ0) is 18.5. The second-order valence-electron chi connectivity index (χ2n) is 7.82. The minimum Gasteiger partial charge on any atom is -0.324 e. The van der Waals surface area contributed by atoms with Crippen LogP contribution in [0.15, 0.2) is 54.6 Å². The third-order valence-corrected chi connectivity index (χ3v) is 5.26. The molecule has 3 nitrogen and oxygen atoms in total. The molecular formula is C23H30N2O. The van der Waals surface area contributed by atoms with Gasteiger partial charge in [-0.3, -0.25) is 9.69 Å². The van der Waals surface area contributed by atoms with Gasteiger partial charge < -0.3 is 5.32 Å². The van der Waals surface area contributed by atoms with Gasteiger partial charge in [0.15, 0.2) is 0 Å². The number of hydrogen-bond acceptors (Lipinski definition) is 2. The number of amides is 1. The lowest BCUT2D eigenvalue weighted by molar-refractivity contribution is -0.122. The second-order valence-corrected chi connectivity index (χ2v) is 7.82. The highest BCUT2D eigenvalue weighted by atomic mass is 16.2. The topological polar surface area (TPSA) is 32.3 Å². The number of carbonyl (C=O) groups excluding carboxylic acids is 1. The van der Waals surface area contributed by atoms with Crippen molar-refractivity contribution in [1.29, 1.82) is 0 Å². The Hall–Kier alpha value is -2.13. The Labute approximate surface area is 157 Å². The molecule has 0 spiro atoms. The molecule has 1 aliphatic rings. The Morgan fingerprint density at radius 2 is 1.73 bits per heavy atom. The molecule has 0 unspecified atom stereocenters. The molecule has 0 aromatic heterocycles. The molecule has 1 N–H and O–H groups in total. The first kappa shape index (κ1) is 18.7. The molecule has 2 aromatic rings. The van der Waals surface area contributed by atoms with E-state index in [2.05, 4.69) is 55.3 Å². The zero-order valence-corrected chi connectivity index (χ0v) is 16.1. The lowest BCUT2D eigenvalue weighted by atomic mass is 9.95. The molecule has 1 aliphatic heterocycles. The van der Waals surface area contributed by atoms with Gasteiger partial charge in [-0.1, -0.05) is 63.2 Å². The van der Waals surface area contributed by atoms with Crippen molar-refractivity contribution < 1.29 is 4.79 Å². The third-order valence-electron chi connectivity index (χ3n) is 5.26. The maximum atomic E-state index is 13.2. The van der Waals surface area contributed by atoms with Crippen LogP contribution in [0.2, 0.25) is 0 Å². The number of nitrogens with one attached hydrogen (secondary N) is 1. The summed E-state index contributed by atoms with van der Waals surface area (Å²) in [5.41, 5.74) is 3.22. The summed E-state index contributed by atoms with van der Waals surface area (Å²) in [4.78, 5) is 15.5. The molecular weight excluding hydrogens is 320 g/mol. The van der Waals surface area contributed by atoms with Gasteiger partial charge in [-0.25, -0.2) is 0 Å². The molecule has 1 amide bonds. The van der Waals surface area contributed by atoms with E-state index in [0.29, 0.717) is 11.8 Å². The van der Waals surface area contributed by atoms with Crippen LogP contribution in [0.5, 0.6) is 0 Å². The highest BCUT2D eigenvalue weighted by Gasteiger charge is 2.30. The van der Waals surface area contributed by atoms with Gasteiger partial charge in [0, 0.05) is 12.2 Å². The van der Waals surface area contributed by atoms with E-state index in [1.807, 2.05) is 30.3 Å². The van der Waals surface area contributed by atoms with Crippen LogP contribution in [0.3, 0.4) is 0 Å². The molecule has 1 saturated heterocycles. The first-order valence-corrected chi connectivity index (χ1v) is 9.74. The van der Waals surface area contributed by atoms with Crippen molar-refractivity contribution in [2.75, 3.05) is 18.4 Å². The summed E-state index contributed by atoms with van der Waals surface area (Å²) in [6, 6.07) is 18.1. The number of anilines is 1. The van der Waals surface area contributed by atoms with Crippen molar-refractivity contribution >= 4 is 11.6 Å². The summed E-state index contributed by atoms with van der Waals surface area (Å²) in [7, 11) is 0. The van der Waals surface area contributed by atoms with Crippen LogP contribution >= 0.6 is 0 Å². The lowest BCUT2D eigenvalue weighted by Gasteiger charge is -2.36. The molecule has 26 heavy (non-hydrogen) atoms.